The van der Waals surface area contributed by atoms with Crippen LogP contribution in [0.5, 0.6) is 0 Å². The van der Waals surface area contributed by atoms with Crippen molar-refractivity contribution in [2.45, 2.75) is 26.9 Å². The second-order valence-electron chi connectivity index (χ2n) is 4.60. The van der Waals surface area contributed by atoms with Gasteiger partial charge in [-0.25, -0.2) is 4.98 Å². The van der Waals surface area contributed by atoms with Crippen molar-refractivity contribution in [2.24, 2.45) is 0 Å². The Hall–Kier alpha value is -1.94. The molecule has 0 saturated heterocycles. The molecule has 0 spiro atoms. The van der Waals surface area contributed by atoms with Crippen molar-refractivity contribution in [1.82, 2.24) is 15.3 Å². The summed E-state index contributed by atoms with van der Waals surface area (Å²) >= 11 is 0. The number of nitrogens with zero attached hydrogens (tertiary/aromatic N) is 3. The van der Waals surface area contributed by atoms with E-state index in [4.69, 9.17) is 0 Å². The first-order chi connectivity index (χ1) is 9.85. The summed E-state index contributed by atoms with van der Waals surface area (Å²) < 4.78 is 0. The normalized spacial score (nSPS) is 10.5. The Morgan fingerprint density at radius 1 is 1.05 bits per heavy atom. The van der Waals surface area contributed by atoms with Crippen molar-refractivity contribution in [2.75, 3.05) is 18.0 Å². The Labute approximate surface area is 120 Å². The van der Waals surface area contributed by atoms with Gasteiger partial charge in [0.05, 0.1) is 12.2 Å². The molecule has 2 aromatic heterocycles. The van der Waals surface area contributed by atoms with Gasteiger partial charge < -0.3 is 10.2 Å². The van der Waals surface area contributed by atoms with E-state index in [1.807, 2.05) is 30.6 Å². The number of nitrogens with one attached hydrogen (secondary N) is 1. The molecule has 2 aromatic rings. The first-order valence-corrected chi connectivity index (χ1v) is 7.14. The maximum absolute atomic E-state index is 4.56. The molecule has 0 aliphatic heterocycles. The van der Waals surface area contributed by atoms with Crippen molar-refractivity contribution >= 4 is 5.82 Å². The molecule has 106 valence electrons. The molecular formula is C16H22N4. The van der Waals surface area contributed by atoms with E-state index < -0.39 is 0 Å². The van der Waals surface area contributed by atoms with Gasteiger partial charge in [-0.05, 0) is 31.7 Å². The zero-order valence-corrected chi connectivity index (χ0v) is 12.2. The van der Waals surface area contributed by atoms with Crippen LogP contribution in [0.25, 0.3) is 0 Å². The van der Waals surface area contributed by atoms with Crippen molar-refractivity contribution < 1.29 is 0 Å². The van der Waals surface area contributed by atoms with E-state index in [0.29, 0.717) is 0 Å². The molecule has 1 N–H and O–H groups in total. The number of rotatable bonds is 7. The van der Waals surface area contributed by atoms with Crippen LogP contribution in [0, 0.1) is 0 Å². The van der Waals surface area contributed by atoms with Crippen LogP contribution in [0.2, 0.25) is 0 Å². The number of hydrogen-bond donors (Lipinski definition) is 1. The quantitative estimate of drug-likeness (QED) is 0.839. The summed E-state index contributed by atoms with van der Waals surface area (Å²) in [5, 5.41) is 3.37. The molecule has 0 atom stereocenters. The summed E-state index contributed by atoms with van der Waals surface area (Å²) in [7, 11) is 0. The molecule has 0 unspecified atom stereocenters. The fraction of sp³-hybridized carbons (Fsp3) is 0.375. The third kappa shape index (κ3) is 3.78. The molecule has 0 aromatic carbocycles. The van der Waals surface area contributed by atoms with Gasteiger partial charge in [0.15, 0.2) is 0 Å². The van der Waals surface area contributed by atoms with Gasteiger partial charge >= 0.3 is 0 Å². The molecule has 2 heterocycles. The lowest BCUT2D eigenvalue weighted by Gasteiger charge is -2.24. The highest BCUT2D eigenvalue weighted by atomic mass is 15.2. The molecular weight excluding hydrogens is 248 g/mol. The van der Waals surface area contributed by atoms with Crippen LogP contribution in [-0.4, -0.2) is 23.1 Å². The summed E-state index contributed by atoms with van der Waals surface area (Å²) in [6, 6.07) is 10.1. The van der Waals surface area contributed by atoms with E-state index in [2.05, 4.69) is 46.2 Å². The van der Waals surface area contributed by atoms with Gasteiger partial charge in [-0.15, -0.1) is 0 Å². The molecule has 4 nitrogen and oxygen atoms in total. The predicted octanol–water partition coefficient (Wildman–Crippen LogP) is 2.61. The maximum atomic E-state index is 4.56. The summed E-state index contributed by atoms with van der Waals surface area (Å²) in [6.45, 7) is 7.76. The molecule has 0 bridgehead atoms. The zero-order valence-electron chi connectivity index (χ0n) is 12.2. The molecule has 0 radical (unpaired) electrons. The van der Waals surface area contributed by atoms with Crippen LogP contribution in [0.1, 0.15) is 25.1 Å². The largest absolute Gasteiger partial charge is 0.351 e. The van der Waals surface area contributed by atoms with Crippen molar-refractivity contribution in [3.05, 3.63) is 54.0 Å². The minimum Gasteiger partial charge on any atom is -0.351 e. The lowest BCUT2D eigenvalue weighted by atomic mass is 10.2. The molecule has 0 aliphatic rings. The molecule has 4 heteroatoms. The SMILES string of the molecule is CCNCc1cccnc1N(CC)Cc1ccccn1. The van der Waals surface area contributed by atoms with E-state index in [1.165, 1.54) is 5.56 Å². The van der Waals surface area contributed by atoms with Crippen LogP contribution < -0.4 is 10.2 Å². The second kappa shape index (κ2) is 7.60. The Bertz CT molecular complexity index is 513. The Kier molecular flexibility index (Phi) is 5.50. The zero-order chi connectivity index (χ0) is 14.2. The fourth-order valence-electron chi connectivity index (χ4n) is 2.14. The van der Waals surface area contributed by atoms with Crippen molar-refractivity contribution in [3.63, 3.8) is 0 Å². The molecule has 2 rings (SSSR count). The number of anilines is 1. The monoisotopic (exact) mass is 270 g/mol. The van der Waals surface area contributed by atoms with Crippen molar-refractivity contribution in [3.8, 4) is 0 Å². The molecule has 20 heavy (non-hydrogen) atoms. The molecule has 0 fully saturated rings. The summed E-state index contributed by atoms with van der Waals surface area (Å²) in [5.41, 5.74) is 2.29. The van der Waals surface area contributed by atoms with E-state index in [0.717, 1.165) is 37.7 Å². The second-order valence-corrected chi connectivity index (χ2v) is 4.60. The third-order valence-electron chi connectivity index (χ3n) is 3.19. The van der Waals surface area contributed by atoms with E-state index in [1.54, 1.807) is 0 Å². The average molecular weight is 270 g/mol. The van der Waals surface area contributed by atoms with Crippen LogP contribution in [0.4, 0.5) is 5.82 Å². The topological polar surface area (TPSA) is 41.1 Å². The molecule has 0 amide bonds. The lowest BCUT2D eigenvalue weighted by molar-refractivity contribution is 0.711. The van der Waals surface area contributed by atoms with E-state index >= 15 is 0 Å². The highest BCUT2D eigenvalue weighted by molar-refractivity contribution is 5.46. The average Bonchev–Trinajstić information content (AvgIpc) is 2.52. The van der Waals surface area contributed by atoms with Gasteiger partial charge in [-0.3, -0.25) is 4.98 Å². The van der Waals surface area contributed by atoms with E-state index in [9.17, 15) is 0 Å². The maximum Gasteiger partial charge on any atom is 0.133 e. The summed E-state index contributed by atoms with van der Waals surface area (Å²) in [6.07, 6.45) is 3.69. The minimum atomic E-state index is 0.785. The third-order valence-corrected chi connectivity index (χ3v) is 3.19. The minimum absolute atomic E-state index is 0.785. The first-order valence-electron chi connectivity index (χ1n) is 7.14. The Morgan fingerprint density at radius 2 is 1.90 bits per heavy atom. The van der Waals surface area contributed by atoms with Crippen LogP contribution >= 0.6 is 0 Å². The lowest BCUT2D eigenvalue weighted by Crippen LogP contribution is -2.26. The van der Waals surface area contributed by atoms with Gasteiger partial charge in [-0.2, -0.15) is 0 Å². The van der Waals surface area contributed by atoms with Crippen LogP contribution in [0.15, 0.2) is 42.7 Å². The number of pyridine rings is 2. The number of aromatic nitrogens is 2. The van der Waals surface area contributed by atoms with Gasteiger partial charge in [0, 0.05) is 31.0 Å². The standard InChI is InChI=1S/C16H22N4/c1-3-17-12-14-8-7-11-19-16(14)20(4-2)13-15-9-5-6-10-18-15/h5-11,17H,3-4,12-13H2,1-2H3. The van der Waals surface area contributed by atoms with Gasteiger partial charge in [-0.1, -0.05) is 19.1 Å². The molecule has 0 aliphatic carbocycles. The molecule has 0 saturated carbocycles. The fourth-order valence-corrected chi connectivity index (χ4v) is 2.14. The van der Waals surface area contributed by atoms with Gasteiger partial charge in [0.1, 0.15) is 5.82 Å². The van der Waals surface area contributed by atoms with E-state index in [-0.39, 0.29) is 0 Å². The van der Waals surface area contributed by atoms with Crippen LogP contribution in [0.3, 0.4) is 0 Å². The first kappa shape index (κ1) is 14.5. The highest BCUT2D eigenvalue weighted by Crippen LogP contribution is 2.18. The smallest absolute Gasteiger partial charge is 0.133 e. The Morgan fingerprint density at radius 3 is 2.60 bits per heavy atom. The van der Waals surface area contributed by atoms with Crippen molar-refractivity contribution in [1.29, 1.82) is 0 Å². The van der Waals surface area contributed by atoms with Gasteiger partial charge in [0.2, 0.25) is 0 Å². The predicted molar refractivity (Wildman–Crippen MR) is 82.6 cm³/mol. The van der Waals surface area contributed by atoms with Gasteiger partial charge in [0.25, 0.3) is 0 Å². The van der Waals surface area contributed by atoms with Crippen LogP contribution in [-0.2, 0) is 13.1 Å². The highest BCUT2D eigenvalue weighted by Gasteiger charge is 2.11. The summed E-state index contributed by atoms with van der Waals surface area (Å²) in [4.78, 5) is 11.2. The Balaban J connectivity index is 2.18. The summed E-state index contributed by atoms with van der Waals surface area (Å²) in [5.74, 6) is 1.04. The number of hydrogen-bond acceptors (Lipinski definition) is 4.